The van der Waals surface area contributed by atoms with Gasteiger partial charge in [0, 0.05) is 25.2 Å². The molecule has 4 nitrogen and oxygen atoms in total. The number of aromatic nitrogens is 1. The summed E-state index contributed by atoms with van der Waals surface area (Å²) in [5.74, 6) is -0.137. The number of hydrogen-bond acceptors (Lipinski definition) is 4. The lowest BCUT2D eigenvalue weighted by Gasteiger charge is -2.00. The Labute approximate surface area is 74.6 Å². The van der Waals surface area contributed by atoms with Crippen molar-refractivity contribution < 1.29 is 9.53 Å². The van der Waals surface area contributed by atoms with Crippen LogP contribution in [0.5, 0.6) is 0 Å². The molecule has 0 aliphatic rings. The molecule has 0 unspecified atom stereocenters. The van der Waals surface area contributed by atoms with E-state index in [1.807, 2.05) is 0 Å². The van der Waals surface area contributed by atoms with Crippen molar-refractivity contribution in [2.75, 3.05) is 20.3 Å². The van der Waals surface area contributed by atoms with E-state index in [0.29, 0.717) is 18.2 Å². The van der Waals surface area contributed by atoms with Gasteiger partial charge in [-0.25, -0.2) is 4.98 Å². The first-order valence-electron chi connectivity index (χ1n) is 3.51. The second kappa shape index (κ2) is 4.84. The van der Waals surface area contributed by atoms with Crippen LogP contribution in [0, 0.1) is 0 Å². The zero-order chi connectivity index (χ0) is 8.81. The largest absolute Gasteiger partial charge is 0.383 e. The van der Waals surface area contributed by atoms with Crippen molar-refractivity contribution >= 4 is 17.2 Å². The van der Waals surface area contributed by atoms with E-state index < -0.39 is 0 Å². The van der Waals surface area contributed by atoms with E-state index in [2.05, 4.69) is 10.3 Å². The van der Waals surface area contributed by atoms with Crippen molar-refractivity contribution in [2.45, 2.75) is 0 Å². The van der Waals surface area contributed by atoms with E-state index in [-0.39, 0.29) is 5.91 Å². The summed E-state index contributed by atoms with van der Waals surface area (Å²) in [5.41, 5.74) is 0. The average Bonchev–Trinajstić information content (AvgIpc) is 2.56. The van der Waals surface area contributed by atoms with Crippen molar-refractivity contribution in [3.05, 3.63) is 16.6 Å². The number of nitrogens with one attached hydrogen (secondary N) is 1. The Morgan fingerprint density at radius 2 is 2.67 bits per heavy atom. The minimum absolute atomic E-state index is 0.137. The van der Waals surface area contributed by atoms with Gasteiger partial charge in [0.05, 0.1) is 6.61 Å². The second-order valence-corrected chi connectivity index (χ2v) is 2.98. The fraction of sp³-hybridized carbons (Fsp3) is 0.429. The van der Waals surface area contributed by atoms with Crippen LogP contribution in [0.1, 0.15) is 9.80 Å². The predicted molar refractivity (Wildman–Crippen MR) is 46.3 cm³/mol. The number of thiazole rings is 1. The Balaban J connectivity index is 2.30. The van der Waals surface area contributed by atoms with Crippen LogP contribution in [0.4, 0.5) is 0 Å². The molecule has 66 valence electrons. The van der Waals surface area contributed by atoms with Crippen LogP contribution in [0.3, 0.4) is 0 Å². The number of carbonyl (C=O) groups is 1. The molecule has 1 rings (SSSR count). The highest BCUT2D eigenvalue weighted by Crippen LogP contribution is 2.02. The summed E-state index contributed by atoms with van der Waals surface area (Å²) in [6.07, 6.45) is 1.61. The van der Waals surface area contributed by atoms with Gasteiger partial charge in [0.1, 0.15) is 0 Å². The molecule has 1 heterocycles. The fourth-order valence-corrected chi connectivity index (χ4v) is 1.23. The van der Waals surface area contributed by atoms with Gasteiger partial charge in [-0.1, -0.05) is 0 Å². The highest BCUT2D eigenvalue weighted by Gasteiger charge is 2.05. The van der Waals surface area contributed by atoms with Crippen LogP contribution in [0.15, 0.2) is 11.6 Å². The third kappa shape index (κ3) is 2.60. The average molecular weight is 186 g/mol. The van der Waals surface area contributed by atoms with Gasteiger partial charge in [-0.15, -0.1) is 11.3 Å². The molecule has 0 aromatic carbocycles. The fourth-order valence-electron chi connectivity index (χ4n) is 0.678. The summed E-state index contributed by atoms with van der Waals surface area (Å²) in [6, 6.07) is 0. The van der Waals surface area contributed by atoms with Gasteiger partial charge in [0.15, 0.2) is 5.01 Å². The highest BCUT2D eigenvalue weighted by molar-refractivity contribution is 7.11. The molecule has 0 fully saturated rings. The number of hydrogen-bond donors (Lipinski definition) is 1. The van der Waals surface area contributed by atoms with Gasteiger partial charge in [0.2, 0.25) is 0 Å². The molecule has 0 aliphatic heterocycles. The number of nitrogens with zero attached hydrogens (tertiary/aromatic N) is 1. The lowest BCUT2D eigenvalue weighted by atomic mass is 10.6. The van der Waals surface area contributed by atoms with Gasteiger partial charge in [-0.05, 0) is 0 Å². The monoisotopic (exact) mass is 186 g/mol. The molecule has 0 saturated carbocycles. The quantitative estimate of drug-likeness (QED) is 0.697. The van der Waals surface area contributed by atoms with Gasteiger partial charge in [0.25, 0.3) is 5.91 Å². The normalized spacial score (nSPS) is 9.75. The van der Waals surface area contributed by atoms with E-state index in [0.717, 1.165) is 0 Å². The maximum absolute atomic E-state index is 11.2. The van der Waals surface area contributed by atoms with Crippen LogP contribution < -0.4 is 5.32 Å². The molecule has 0 aliphatic carbocycles. The van der Waals surface area contributed by atoms with Gasteiger partial charge < -0.3 is 10.1 Å². The van der Waals surface area contributed by atoms with E-state index in [9.17, 15) is 4.79 Å². The molecule has 0 spiro atoms. The second-order valence-electron chi connectivity index (χ2n) is 2.09. The number of carbonyl (C=O) groups excluding carboxylic acids is 1. The molecule has 1 aromatic heterocycles. The molecule has 12 heavy (non-hydrogen) atoms. The first-order chi connectivity index (χ1) is 5.84. The summed E-state index contributed by atoms with van der Waals surface area (Å²) in [6.45, 7) is 1.05. The summed E-state index contributed by atoms with van der Waals surface area (Å²) in [5, 5.41) is 4.93. The lowest BCUT2D eigenvalue weighted by molar-refractivity contribution is 0.0937. The number of rotatable bonds is 4. The Hall–Kier alpha value is -0.940. The standard InChI is InChI=1S/C7H10N2O2S/c1-11-4-2-8-6(10)7-9-3-5-12-7/h3,5H,2,4H2,1H3,(H,8,10). The van der Waals surface area contributed by atoms with Crippen molar-refractivity contribution in [1.29, 1.82) is 0 Å². The molecule has 0 bridgehead atoms. The zero-order valence-corrected chi connectivity index (χ0v) is 7.56. The minimum Gasteiger partial charge on any atom is -0.383 e. The van der Waals surface area contributed by atoms with Crippen LogP contribution in [-0.4, -0.2) is 31.2 Å². The topological polar surface area (TPSA) is 51.2 Å². The molecule has 1 aromatic rings. The first-order valence-corrected chi connectivity index (χ1v) is 4.39. The van der Waals surface area contributed by atoms with Crippen molar-refractivity contribution in [1.82, 2.24) is 10.3 Å². The van der Waals surface area contributed by atoms with E-state index in [1.54, 1.807) is 18.7 Å². The minimum atomic E-state index is -0.137. The molecule has 5 heteroatoms. The summed E-state index contributed by atoms with van der Waals surface area (Å²) in [4.78, 5) is 15.0. The molecule has 0 radical (unpaired) electrons. The Morgan fingerprint density at radius 3 is 3.25 bits per heavy atom. The van der Waals surface area contributed by atoms with Crippen molar-refractivity contribution in [3.63, 3.8) is 0 Å². The first kappa shape index (κ1) is 9.15. The SMILES string of the molecule is COCCNC(=O)c1nccs1. The number of amides is 1. The van der Waals surface area contributed by atoms with Gasteiger partial charge in [-0.3, -0.25) is 4.79 Å². The maximum atomic E-state index is 11.2. The van der Waals surface area contributed by atoms with Gasteiger partial charge in [-0.2, -0.15) is 0 Å². The molecule has 0 saturated heterocycles. The van der Waals surface area contributed by atoms with E-state index in [1.165, 1.54) is 11.3 Å². The molecule has 1 N–H and O–H groups in total. The summed E-state index contributed by atoms with van der Waals surface area (Å²) in [7, 11) is 1.59. The predicted octanol–water partition coefficient (Wildman–Crippen LogP) is 0.519. The highest BCUT2D eigenvalue weighted by atomic mass is 32.1. The molecule has 1 amide bonds. The lowest BCUT2D eigenvalue weighted by Crippen LogP contribution is -2.26. The third-order valence-electron chi connectivity index (χ3n) is 1.22. The van der Waals surface area contributed by atoms with Crippen LogP contribution in [0.2, 0.25) is 0 Å². The van der Waals surface area contributed by atoms with Crippen LogP contribution in [0.25, 0.3) is 0 Å². The smallest absolute Gasteiger partial charge is 0.280 e. The van der Waals surface area contributed by atoms with Crippen LogP contribution in [-0.2, 0) is 4.74 Å². The molecular formula is C7H10N2O2S. The van der Waals surface area contributed by atoms with E-state index in [4.69, 9.17) is 4.74 Å². The molecular weight excluding hydrogens is 176 g/mol. The maximum Gasteiger partial charge on any atom is 0.280 e. The van der Waals surface area contributed by atoms with Crippen molar-refractivity contribution in [3.8, 4) is 0 Å². The van der Waals surface area contributed by atoms with Crippen molar-refractivity contribution in [2.24, 2.45) is 0 Å². The van der Waals surface area contributed by atoms with Gasteiger partial charge >= 0.3 is 0 Å². The zero-order valence-electron chi connectivity index (χ0n) is 6.74. The Kier molecular flexibility index (Phi) is 3.69. The molecule has 0 atom stereocenters. The third-order valence-corrected chi connectivity index (χ3v) is 1.99. The van der Waals surface area contributed by atoms with E-state index >= 15 is 0 Å². The Morgan fingerprint density at radius 1 is 1.83 bits per heavy atom. The number of ether oxygens (including phenoxy) is 1. The number of methoxy groups -OCH3 is 1. The Bertz CT molecular complexity index is 236. The van der Waals surface area contributed by atoms with Crippen LogP contribution >= 0.6 is 11.3 Å². The summed E-state index contributed by atoms with van der Waals surface area (Å²) >= 11 is 1.33. The summed E-state index contributed by atoms with van der Waals surface area (Å²) < 4.78 is 4.78.